The number of methoxy groups -OCH3 is 2. The quantitative estimate of drug-likeness (QED) is 0.143. The third-order valence-electron chi connectivity index (χ3n) is 8.28. The predicted molar refractivity (Wildman–Crippen MR) is 172 cm³/mol. The number of hydrogen-bond donors (Lipinski definition) is 3. The molecular weight excluding hydrogens is 598 g/mol. The van der Waals surface area contributed by atoms with Crippen LogP contribution in [0, 0.1) is 11.6 Å². The summed E-state index contributed by atoms with van der Waals surface area (Å²) in [5.74, 6) is -4.46. The molecule has 0 bridgehead atoms. The van der Waals surface area contributed by atoms with Gasteiger partial charge in [-0.3, -0.25) is 14.5 Å². The van der Waals surface area contributed by atoms with E-state index in [0.717, 1.165) is 44.0 Å². The summed E-state index contributed by atoms with van der Waals surface area (Å²) in [4.78, 5) is 35.1. The standard InChI is InChI=1S/C33H34F2N6O5/c1-5-27(42)39-22-14-19(41-12-10-40(11-13-41)18-6-7-18)8-9-21(22)38-26-15-20-25(17-37-26)46-33(31(20)36-2)32(43)28-29(34)23(44-3)16-24(45-4)30(28)35/h5,8-9,14-18,36H,1,6-7,10-13H2,2-4H3,(H,37,38)(H,39,42). The fraction of sp³-hybridized carbons (Fsp3) is 0.303. The lowest BCUT2D eigenvalue weighted by atomic mass is 10.0. The van der Waals surface area contributed by atoms with E-state index in [2.05, 4.69) is 37.3 Å². The number of halogens is 2. The van der Waals surface area contributed by atoms with Crippen LogP contribution in [0.25, 0.3) is 11.0 Å². The van der Waals surface area contributed by atoms with Crippen molar-refractivity contribution in [2.24, 2.45) is 0 Å². The number of ether oxygens (including phenoxy) is 2. The Balaban J connectivity index is 1.31. The molecule has 1 aliphatic carbocycles. The third-order valence-corrected chi connectivity index (χ3v) is 8.28. The zero-order chi connectivity index (χ0) is 32.5. The molecule has 0 spiro atoms. The molecule has 3 N–H and O–H groups in total. The minimum atomic E-state index is -1.18. The molecule has 46 heavy (non-hydrogen) atoms. The second-order valence-corrected chi connectivity index (χ2v) is 11.0. The molecule has 0 atom stereocenters. The van der Waals surface area contributed by atoms with E-state index in [0.29, 0.717) is 22.6 Å². The molecule has 11 nitrogen and oxygen atoms in total. The first-order valence-electron chi connectivity index (χ1n) is 14.8. The molecule has 6 rings (SSSR count). The Morgan fingerprint density at radius 2 is 1.72 bits per heavy atom. The Kier molecular flexibility index (Phi) is 8.50. The van der Waals surface area contributed by atoms with Gasteiger partial charge in [-0.1, -0.05) is 6.58 Å². The van der Waals surface area contributed by atoms with Crippen molar-refractivity contribution in [2.75, 3.05) is 68.3 Å². The number of pyridine rings is 1. The maximum atomic E-state index is 15.2. The second-order valence-electron chi connectivity index (χ2n) is 11.0. The SMILES string of the molecule is C=CC(=O)Nc1cc(N2CCN(C3CC3)CC2)ccc1Nc1cc2c(NC)c(C(=O)c3c(F)c(OC)cc(OC)c3F)oc2cn1. The van der Waals surface area contributed by atoms with Crippen molar-refractivity contribution < 1.29 is 32.3 Å². The molecule has 0 radical (unpaired) electrons. The summed E-state index contributed by atoms with van der Waals surface area (Å²) in [6.45, 7) is 7.34. The minimum absolute atomic E-state index is 0.201. The number of ketones is 1. The van der Waals surface area contributed by atoms with Gasteiger partial charge in [0.15, 0.2) is 34.5 Å². The molecule has 1 saturated heterocycles. The topological polar surface area (TPSA) is 121 Å². The minimum Gasteiger partial charge on any atom is -0.494 e. The molecule has 1 aliphatic heterocycles. The average molecular weight is 633 g/mol. The van der Waals surface area contributed by atoms with Gasteiger partial charge in [0.2, 0.25) is 11.7 Å². The van der Waals surface area contributed by atoms with Gasteiger partial charge in [-0.15, -0.1) is 0 Å². The van der Waals surface area contributed by atoms with Crippen molar-refractivity contribution in [2.45, 2.75) is 18.9 Å². The number of hydrogen-bond acceptors (Lipinski definition) is 10. The number of piperazine rings is 1. The molecule has 4 aromatic rings. The van der Waals surface area contributed by atoms with Crippen LogP contribution in [0.2, 0.25) is 0 Å². The molecule has 2 aromatic heterocycles. The fourth-order valence-corrected chi connectivity index (χ4v) is 5.73. The van der Waals surface area contributed by atoms with Gasteiger partial charge >= 0.3 is 0 Å². The zero-order valence-corrected chi connectivity index (χ0v) is 25.7. The van der Waals surface area contributed by atoms with E-state index < -0.39 is 23.0 Å². The van der Waals surface area contributed by atoms with E-state index >= 15 is 8.78 Å². The number of nitrogens with one attached hydrogen (secondary N) is 3. The first kappa shape index (κ1) is 30.8. The number of carbonyl (C=O) groups is 2. The van der Waals surface area contributed by atoms with Gasteiger partial charge in [0.1, 0.15) is 11.4 Å². The van der Waals surface area contributed by atoms with E-state index in [1.54, 1.807) is 13.1 Å². The van der Waals surface area contributed by atoms with Crippen LogP contribution in [0.5, 0.6) is 11.5 Å². The molecule has 13 heteroatoms. The number of carbonyl (C=O) groups excluding carboxylic acids is 2. The highest BCUT2D eigenvalue weighted by Crippen LogP contribution is 2.39. The van der Waals surface area contributed by atoms with Crippen LogP contribution < -0.4 is 30.3 Å². The highest BCUT2D eigenvalue weighted by atomic mass is 19.1. The average Bonchev–Trinajstić information content (AvgIpc) is 3.86. The number of furan rings is 1. The monoisotopic (exact) mass is 632 g/mol. The number of fused-ring (bicyclic) bond motifs is 1. The van der Waals surface area contributed by atoms with Crippen LogP contribution in [0.15, 0.2) is 53.6 Å². The number of benzene rings is 2. The number of nitrogens with zero attached hydrogens (tertiary/aromatic N) is 3. The van der Waals surface area contributed by atoms with E-state index in [1.807, 2.05) is 18.2 Å². The van der Waals surface area contributed by atoms with Crippen molar-refractivity contribution in [3.05, 3.63) is 72.1 Å². The number of aromatic nitrogens is 1. The van der Waals surface area contributed by atoms with Gasteiger partial charge in [0, 0.05) is 56.4 Å². The van der Waals surface area contributed by atoms with Crippen LogP contribution >= 0.6 is 0 Å². The van der Waals surface area contributed by atoms with Crippen molar-refractivity contribution in [3.63, 3.8) is 0 Å². The van der Waals surface area contributed by atoms with Crippen molar-refractivity contribution in [1.29, 1.82) is 0 Å². The number of anilines is 5. The molecular formula is C33H34F2N6O5. The molecule has 0 unspecified atom stereocenters. The zero-order valence-electron chi connectivity index (χ0n) is 25.7. The molecule has 2 aliphatic rings. The second kappa shape index (κ2) is 12.7. The predicted octanol–water partition coefficient (Wildman–Crippen LogP) is 5.55. The maximum absolute atomic E-state index is 15.2. The Morgan fingerprint density at radius 3 is 2.33 bits per heavy atom. The van der Waals surface area contributed by atoms with Crippen LogP contribution in [0.1, 0.15) is 29.0 Å². The van der Waals surface area contributed by atoms with E-state index in [1.165, 1.54) is 39.3 Å². The molecule has 3 heterocycles. The Hall–Kier alpha value is -5.17. The molecule has 2 fully saturated rings. The lowest BCUT2D eigenvalue weighted by Gasteiger charge is -2.36. The van der Waals surface area contributed by atoms with Gasteiger partial charge in [-0.25, -0.2) is 13.8 Å². The summed E-state index contributed by atoms with van der Waals surface area (Å²) in [6, 6.07) is 9.13. The Labute approximate surface area is 264 Å². The summed E-state index contributed by atoms with van der Waals surface area (Å²) in [5.41, 5.74) is 1.61. The summed E-state index contributed by atoms with van der Waals surface area (Å²) < 4.78 is 46.1. The Morgan fingerprint density at radius 1 is 1.02 bits per heavy atom. The number of amides is 1. The molecule has 240 valence electrons. The smallest absolute Gasteiger partial charge is 0.247 e. The maximum Gasteiger partial charge on any atom is 0.247 e. The third kappa shape index (κ3) is 5.81. The molecule has 1 saturated carbocycles. The van der Waals surface area contributed by atoms with Gasteiger partial charge in [-0.05, 0) is 43.2 Å². The van der Waals surface area contributed by atoms with Gasteiger partial charge in [-0.2, -0.15) is 0 Å². The van der Waals surface area contributed by atoms with Crippen LogP contribution in [-0.2, 0) is 4.79 Å². The largest absolute Gasteiger partial charge is 0.494 e. The molecule has 2 aromatic carbocycles. The van der Waals surface area contributed by atoms with Gasteiger partial charge in [0.25, 0.3) is 0 Å². The Bertz CT molecular complexity index is 1800. The highest BCUT2D eigenvalue weighted by Gasteiger charge is 2.32. The van der Waals surface area contributed by atoms with Gasteiger partial charge < -0.3 is 34.7 Å². The van der Waals surface area contributed by atoms with Gasteiger partial charge in [0.05, 0.1) is 37.5 Å². The first-order chi connectivity index (χ1) is 22.3. The summed E-state index contributed by atoms with van der Waals surface area (Å²) >= 11 is 0. The van der Waals surface area contributed by atoms with E-state index in [-0.39, 0.29) is 34.4 Å². The lowest BCUT2D eigenvalue weighted by molar-refractivity contribution is -0.111. The lowest BCUT2D eigenvalue weighted by Crippen LogP contribution is -2.47. The fourth-order valence-electron chi connectivity index (χ4n) is 5.73. The normalized spacial score (nSPS) is 15.0. The number of rotatable bonds is 11. The van der Waals surface area contributed by atoms with Crippen molar-refractivity contribution in [1.82, 2.24) is 9.88 Å². The summed E-state index contributed by atoms with van der Waals surface area (Å²) in [7, 11) is 3.95. The first-order valence-corrected chi connectivity index (χ1v) is 14.8. The van der Waals surface area contributed by atoms with Crippen LogP contribution in [0.4, 0.5) is 37.3 Å². The molecule has 1 amide bonds. The highest BCUT2D eigenvalue weighted by molar-refractivity contribution is 6.15. The van der Waals surface area contributed by atoms with Crippen molar-refractivity contribution in [3.8, 4) is 11.5 Å². The summed E-state index contributed by atoms with van der Waals surface area (Å²) in [6.07, 6.45) is 5.14. The van der Waals surface area contributed by atoms with E-state index in [9.17, 15) is 9.59 Å². The summed E-state index contributed by atoms with van der Waals surface area (Å²) in [5, 5.41) is 9.44. The van der Waals surface area contributed by atoms with Crippen LogP contribution in [-0.4, -0.2) is 75.1 Å². The van der Waals surface area contributed by atoms with Crippen molar-refractivity contribution >= 4 is 51.2 Å². The van der Waals surface area contributed by atoms with E-state index in [4.69, 9.17) is 13.9 Å². The van der Waals surface area contributed by atoms with Crippen LogP contribution in [0.3, 0.4) is 0 Å².